The average molecular weight is 323 g/mol. The van der Waals surface area contributed by atoms with E-state index in [-0.39, 0.29) is 5.91 Å². The molecule has 1 fully saturated rings. The van der Waals surface area contributed by atoms with E-state index in [1.165, 1.54) is 76.3 Å². The van der Waals surface area contributed by atoms with Crippen LogP contribution >= 0.6 is 0 Å². The van der Waals surface area contributed by atoms with Crippen LogP contribution in [0.2, 0.25) is 0 Å². The second kappa shape index (κ2) is 13.6. The molecule has 1 rings (SSSR count). The number of nitrogens with one attached hydrogen (secondary N) is 1. The molecule has 3 heteroatoms. The van der Waals surface area contributed by atoms with E-state index in [0.29, 0.717) is 6.42 Å². The maximum atomic E-state index is 11.8. The highest BCUT2D eigenvalue weighted by Crippen LogP contribution is 2.24. The van der Waals surface area contributed by atoms with Crippen molar-refractivity contribution in [1.82, 2.24) is 5.43 Å². The van der Waals surface area contributed by atoms with Gasteiger partial charge in [0.2, 0.25) is 5.91 Å². The molecule has 23 heavy (non-hydrogen) atoms. The summed E-state index contributed by atoms with van der Waals surface area (Å²) in [5, 5.41) is 4.33. The van der Waals surface area contributed by atoms with E-state index in [4.69, 9.17) is 0 Å². The first-order valence-electron chi connectivity index (χ1n) is 10.1. The van der Waals surface area contributed by atoms with E-state index < -0.39 is 0 Å². The van der Waals surface area contributed by atoms with Gasteiger partial charge in [0.05, 0.1) is 0 Å². The van der Waals surface area contributed by atoms with Gasteiger partial charge in [0.1, 0.15) is 0 Å². The molecular formula is C20H38N2O. The lowest BCUT2D eigenvalue weighted by Crippen LogP contribution is -2.21. The first kappa shape index (κ1) is 20.2. The van der Waals surface area contributed by atoms with Crippen molar-refractivity contribution in [1.29, 1.82) is 0 Å². The lowest BCUT2D eigenvalue weighted by atomic mass is 9.86. The lowest BCUT2D eigenvalue weighted by Gasteiger charge is -2.21. The van der Waals surface area contributed by atoms with E-state index in [2.05, 4.69) is 24.4 Å². The SMILES string of the molecule is CCCCCCCCCCCC(=O)NN=C1CCC(CC)CC1. The monoisotopic (exact) mass is 322 g/mol. The van der Waals surface area contributed by atoms with Crippen LogP contribution in [0.4, 0.5) is 0 Å². The molecule has 1 amide bonds. The Balaban J connectivity index is 1.94. The first-order chi connectivity index (χ1) is 11.3. The van der Waals surface area contributed by atoms with Crippen molar-refractivity contribution in [2.24, 2.45) is 11.0 Å². The van der Waals surface area contributed by atoms with Crippen molar-refractivity contribution < 1.29 is 4.79 Å². The van der Waals surface area contributed by atoms with Crippen LogP contribution < -0.4 is 5.43 Å². The average Bonchev–Trinajstić information content (AvgIpc) is 2.59. The van der Waals surface area contributed by atoms with Gasteiger partial charge < -0.3 is 0 Å². The molecule has 0 atom stereocenters. The van der Waals surface area contributed by atoms with Crippen molar-refractivity contribution in [2.75, 3.05) is 0 Å². The fourth-order valence-electron chi connectivity index (χ4n) is 3.32. The molecule has 0 aromatic carbocycles. The minimum atomic E-state index is 0.0954. The minimum Gasteiger partial charge on any atom is -0.273 e. The smallest absolute Gasteiger partial charge is 0.240 e. The molecule has 1 aliphatic carbocycles. The van der Waals surface area contributed by atoms with E-state index in [1.54, 1.807) is 0 Å². The van der Waals surface area contributed by atoms with E-state index in [1.807, 2.05) is 0 Å². The minimum absolute atomic E-state index is 0.0954. The van der Waals surface area contributed by atoms with Gasteiger partial charge in [0, 0.05) is 12.1 Å². The normalized spacial score (nSPS) is 18.0. The molecule has 1 saturated carbocycles. The molecule has 0 radical (unpaired) electrons. The zero-order valence-electron chi connectivity index (χ0n) is 15.5. The number of carbonyl (C=O) groups is 1. The highest BCUT2D eigenvalue weighted by atomic mass is 16.2. The molecule has 1 aliphatic rings. The summed E-state index contributed by atoms with van der Waals surface area (Å²) in [7, 11) is 0. The van der Waals surface area contributed by atoms with E-state index in [0.717, 1.165) is 25.2 Å². The van der Waals surface area contributed by atoms with Crippen LogP contribution in [0, 0.1) is 5.92 Å². The molecule has 0 saturated heterocycles. The van der Waals surface area contributed by atoms with Gasteiger partial charge in [-0.2, -0.15) is 5.10 Å². The third-order valence-corrected chi connectivity index (χ3v) is 5.11. The zero-order valence-corrected chi connectivity index (χ0v) is 15.5. The summed E-state index contributed by atoms with van der Waals surface area (Å²) in [6.45, 7) is 4.52. The molecule has 0 aliphatic heterocycles. The van der Waals surface area contributed by atoms with E-state index >= 15 is 0 Å². The Labute approximate surface area is 143 Å². The first-order valence-corrected chi connectivity index (χ1v) is 10.1. The summed E-state index contributed by atoms with van der Waals surface area (Å²) in [5.41, 5.74) is 3.95. The number of rotatable bonds is 12. The quantitative estimate of drug-likeness (QED) is 0.348. The molecule has 0 heterocycles. The van der Waals surface area contributed by atoms with Gasteiger partial charge in [-0.05, 0) is 38.0 Å². The van der Waals surface area contributed by atoms with Crippen LogP contribution in [0.5, 0.6) is 0 Å². The highest BCUT2D eigenvalue weighted by molar-refractivity contribution is 5.86. The largest absolute Gasteiger partial charge is 0.273 e. The number of hydrogen-bond acceptors (Lipinski definition) is 2. The second-order valence-electron chi connectivity index (χ2n) is 7.14. The summed E-state index contributed by atoms with van der Waals surface area (Å²) in [6.07, 6.45) is 18.1. The van der Waals surface area contributed by atoms with Gasteiger partial charge in [-0.15, -0.1) is 0 Å². The Kier molecular flexibility index (Phi) is 11.9. The van der Waals surface area contributed by atoms with Gasteiger partial charge in [-0.25, -0.2) is 5.43 Å². The van der Waals surface area contributed by atoms with Gasteiger partial charge >= 0.3 is 0 Å². The Hall–Kier alpha value is -0.860. The predicted octanol–water partition coefficient (Wildman–Crippen LogP) is 5.98. The maximum absolute atomic E-state index is 11.8. The van der Waals surface area contributed by atoms with Crippen molar-refractivity contribution in [3.05, 3.63) is 0 Å². The Morgan fingerprint density at radius 1 is 0.957 bits per heavy atom. The van der Waals surface area contributed by atoms with Gasteiger partial charge in [0.25, 0.3) is 0 Å². The highest BCUT2D eigenvalue weighted by Gasteiger charge is 2.15. The number of hydrazone groups is 1. The lowest BCUT2D eigenvalue weighted by molar-refractivity contribution is -0.121. The van der Waals surface area contributed by atoms with Crippen LogP contribution in [-0.2, 0) is 4.79 Å². The molecule has 0 spiro atoms. The van der Waals surface area contributed by atoms with Crippen molar-refractivity contribution >= 4 is 11.6 Å². The fraction of sp³-hybridized carbons (Fsp3) is 0.900. The molecule has 1 N–H and O–H groups in total. The van der Waals surface area contributed by atoms with Crippen LogP contribution in [-0.4, -0.2) is 11.6 Å². The number of amides is 1. The molecule has 134 valence electrons. The number of unbranched alkanes of at least 4 members (excludes halogenated alkanes) is 8. The van der Waals surface area contributed by atoms with Crippen molar-refractivity contribution in [2.45, 2.75) is 110 Å². The summed E-state index contributed by atoms with van der Waals surface area (Å²) in [5.74, 6) is 0.963. The topological polar surface area (TPSA) is 41.5 Å². The molecule has 0 bridgehead atoms. The van der Waals surface area contributed by atoms with Crippen LogP contribution in [0.3, 0.4) is 0 Å². The third-order valence-electron chi connectivity index (χ3n) is 5.11. The van der Waals surface area contributed by atoms with Crippen LogP contribution in [0.25, 0.3) is 0 Å². The summed E-state index contributed by atoms with van der Waals surface area (Å²) in [4.78, 5) is 11.8. The van der Waals surface area contributed by atoms with Gasteiger partial charge in [-0.1, -0.05) is 71.6 Å². The van der Waals surface area contributed by atoms with Gasteiger partial charge in [-0.3, -0.25) is 4.79 Å². The van der Waals surface area contributed by atoms with Crippen LogP contribution in [0.1, 0.15) is 110 Å². The Bertz CT molecular complexity index is 329. The number of hydrogen-bond donors (Lipinski definition) is 1. The fourth-order valence-corrected chi connectivity index (χ4v) is 3.32. The molecule has 0 aromatic heterocycles. The number of nitrogens with zero attached hydrogens (tertiary/aromatic N) is 1. The maximum Gasteiger partial charge on any atom is 0.240 e. The van der Waals surface area contributed by atoms with Crippen molar-refractivity contribution in [3.8, 4) is 0 Å². The molecule has 0 unspecified atom stereocenters. The Morgan fingerprint density at radius 3 is 2.09 bits per heavy atom. The number of carbonyl (C=O) groups excluding carboxylic acids is 1. The van der Waals surface area contributed by atoms with Gasteiger partial charge in [0.15, 0.2) is 0 Å². The van der Waals surface area contributed by atoms with Crippen LogP contribution in [0.15, 0.2) is 5.10 Å². The molecule has 3 nitrogen and oxygen atoms in total. The zero-order chi connectivity index (χ0) is 16.8. The van der Waals surface area contributed by atoms with E-state index in [9.17, 15) is 4.79 Å². The summed E-state index contributed by atoms with van der Waals surface area (Å²) >= 11 is 0. The second-order valence-corrected chi connectivity index (χ2v) is 7.14. The third kappa shape index (κ3) is 10.5. The molecular weight excluding hydrogens is 284 g/mol. The Morgan fingerprint density at radius 2 is 1.52 bits per heavy atom. The standard InChI is InChI=1S/C20H38N2O/c1-3-5-6-7-8-9-10-11-12-13-20(23)22-21-19-16-14-18(4-2)15-17-19/h18H,3-17H2,1-2H3,(H,22,23). The summed E-state index contributed by atoms with van der Waals surface area (Å²) in [6, 6.07) is 0. The predicted molar refractivity (Wildman–Crippen MR) is 99.7 cm³/mol. The van der Waals surface area contributed by atoms with Crippen molar-refractivity contribution in [3.63, 3.8) is 0 Å². The molecule has 0 aromatic rings. The summed E-state index contributed by atoms with van der Waals surface area (Å²) < 4.78 is 0.